The lowest BCUT2D eigenvalue weighted by Crippen LogP contribution is -2.60. The highest BCUT2D eigenvalue weighted by atomic mass is 79.9. The van der Waals surface area contributed by atoms with Crippen molar-refractivity contribution in [2.45, 2.75) is 25.6 Å². The first-order chi connectivity index (χ1) is 16.2. The molecular formula is C24H21BrF2N4O2S. The molecule has 34 heavy (non-hydrogen) atoms. The summed E-state index contributed by atoms with van der Waals surface area (Å²) in [4.78, 5) is 33.0. The maximum Gasteiger partial charge on any atom is 0.263 e. The first-order valence-corrected chi connectivity index (χ1v) is 12.5. The zero-order chi connectivity index (χ0) is 24.0. The van der Waals surface area contributed by atoms with Crippen molar-refractivity contribution in [3.05, 3.63) is 50.0 Å². The van der Waals surface area contributed by atoms with Crippen LogP contribution in [0.15, 0.2) is 33.8 Å². The Kier molecular flexibility index (Phi) is 6.04. The van der Waals surface area contributed by atoms with Gasteiger partial charge < -0.3 is 10.2 Å². The molecule has 5 rings (SSSR count). The fourth-order valence-corrected chi connectivity index (χ4v) is 5.67. The fraction of sp³-hybridized carbons (Fsp3) is 0.375. The molecule has 0 spiro atoms. The van der Waals surface area contributed by atoms with Gasteiger partial charge in [-0.25, -0.2) is 13.8 Å². The molecule has 10 heteroatoms. The van der Waals surface area contributed by atoms with Gasteiger partial charge in [-0.05, 0) is 53.5 Å². The summed E-state index contributed by atoms with van der Waals surface area (Å²) in [6.45, 7) is 2.98. The van der Waals surface area contributed by atoms with Crippen molar-refractivity contribution in [1.82, 2.24) is 19.8 Å². The molecule has 1 aromatic carbocycles. The van der Waals surface area contributed by atoms with E-state index in [1.807, 2.05) is 0 Å². The fourth-order valence-electron chi connectivity index (χ4n) is 4.27. The van der Waals surface area contributed by atoms with Gasteiger partial charge in [-0.15, -0.1) is 11.3 Å². The summed E-state index contributed by atoms with van der Waals surface area (Å²) in [5.41, 5.74) is -0.558. The molecule has 2 aromatic heterocycles. The van der Waals surface area contributed by atoms with E-state index in [1.54, 1.807) is 12.1 Å². The van der Waals surface area contributed by atoms with Crippen LogP contribution in [-0.2, 0) is 11.3 Å². The Bertz CT molecular complexity index is 1410. The minimum absolute atomic E-state index is 0.0132. The van der Waals surface area contributed by atoms with Gasteiger partial charge in [0, 0.05) is 18.0 Å². The van der Waals surface area contributed by atoms with Gasteiger partial charge in [-0.3, -0.25) is 14.2 Å². The molecule has 1 atom stereocenters. The number of hydrogen-bond acceptors (Lipinski definition) is 5. The average Bonchev–Trinajstić information content (AvgIpc) is 3.42. The van der Waals surface area contributed by atoms with Gasteiger partial charge in [0.25, 0.3) is 5.56 Å². The van der Waals surface area contributed by atoms with E-state index < -0.39 is 11.5 Å². The zero-order valence-corrected chi connectivity index (χ0v) is 20.7. The number of nitrogens with zero attached hydrogens (tertiary/aromatic N) is 3. The number of hydrogen-bond donors (Lipinski definition) is 1. The summed E-state index contributed by atoms with van der Waals surface area (Å²) in [6.07, 6.45) is 2.30. The van der Waals surface area contributed by atoms with Gasteiger partial charge >= 0.3 is 0 Å². The van der Waals surface area contributed by atoms with Crippen LogP contribution in [0.1, 0.15) is 18.2 Å². The zero-order valence-electron chi connectivity index (χ0n) is 18.3. The summed E-state index contributed by atoms with van der Waals surface area (Å²) in [6, 6.07) is 4.55. The summed E-state index contributed by atoms with van der Waals surface area (Å²) in [5.74, 6) is 5.97. The molecule has 2 aliphatic rings. The molecule has 3 aromatic rings. The molecule has 0 aliphatic carbocycles. The number of rotatable bonds is 3. The Morgan fingerprint density at radius 3 is 2.88 bits per heavy atom. The molecular weight excluding hydrogens is 526 g/mol. The highest BCUT2D eigenvalue weighted by Gasteiger charge is 2.41. The number of halogens is 3. The number of fused-ring (bicyclic) bond motifs is 1. The number of benzene rings is 1. The van der Waals surface area contributed by atoms with Crippen molar-refractivity contribution in [2.75, 3.05) is 26.2 Å². The first-order valence-electron chi connectivity index (χ1n) is 10.9. The lowest BCUT2D eigenvalue weighted by Gasteiger charge is -2.42. The Balaban J connectivity index is 1.59. The second-order valence-electron chi connectivity index (χ2n) is 8.92. The molecule has 176 valence electrons. The predicted molar refractivity (Wildman–Crippen MR) is 131 cm³/mol. The van der Waals surface area contributed by atoms with E-state index in [4.69, 9.17) is 0 Å². The lowest BCUT2D eigenvalue weighted by molar-refractivity contribution is -0.144. The third kappa shape index (κ3) is 4.40. The largest absolute Gasteiger partial charge is 0.335 e. The van der Waals surface area contributed by atoms with Gasteiger partial charge in [0.1, 0.15) is 22.9 Å². The van der Waals surface area contributed by atoms with Crippen LogP contribution in [0, 0.1) is 23.6 Å². The van der Waals surface area contributed by atoms with Crippen molar-refractivity contribution in [2.24, 2.45) is 5.92 Å². The Morgan fingerprint density at radius 1 is 1.41 bits per heavy atom. The lowest BCUT2D eigenvalue weighted by atomic mass is 9.99. The molecule has 6 nitrogen and oxygen atoms in total. The summed E-state index contributed by atoms with van der Waals surface area (Å²) < 4.78 is 29.3. The minimum Gasteiger partial charge on any atom is -0.335 e. The normalized spacial score (nSPS) is 19.1. The van der Waals surface area contributed by atoms with Crippen LogP contribution in [0.5, 0.6) is 0 Å². The van der Waals surface area contributed by atoms with Crippen molar-refractivity contribution in [1.29, 1.82) is 0 Å². The van der Waals surface area contributed by atoms with Crippen molar-refractivity contribution in [3.8, 4) is 23.0 Å². The van der Waals surface area contributed by atoms with Gasteiger partial charge in [0.05, 0.1) is 34.2 Å². The molecule has 0 saturated carbocycles. The highest BCUT2D eigenvalue weighted by molar-refractivity contribution is 9.10. The van der Waals surface area contributed by atoms with Crippen LogP contribution in [0.2, 0.25) is 0 Å². The van der Waals surface area contributed by atoms with Crippen molar-refractivity contribution >= 4 is 43.4 Å². The van der Waals surface area contributed by atoms with E-state index in [2.05, 4.69) is 38.1 Å². The number of thiophene rings is 1. The Labute approximate surface area is 207 Å². The van der Waals surface area contributed by atoms with E-state index in [1.165, 1.54) is 40.1 Å². The Morgan fingerprint density at radius 2 is 2.21 bits per heavy atom. The summed E-state index contributed by atoms with van der Waals surface area (Å²) >= 11 is 4.53. The standard InChI is InChI=1S/C24H21BrF2N4O2S/c1-24(27)11-31(12-24)19(32)10-30-13-29-22-21(23(30)33)20(15-3-4-17(26)16(25)8-15)18(34-22)5-2-14-6-7-28-9-14/h3-4,8,13-14,28H,6-7,9-12H2,1H3. The molecule has 2 aliphatic heterocycles. The molecule has 2 saturated heterocycles. The van der Waals surface area contributed by atoms with Crippen LogP contribution >= 0.6 is 27.3 Å². The number of amides is 1. The number of alkyl halides is 1. The van der Waals surface area contributed by atoms with E-state index in [9.17, 15) is 18.4 Å². The quantitative estimate of drug-likeness (QED) is 0.510. The van der Waals surface area contributed by atoms with Crippen molar-refractivity contribution < 1.29 is 13.6 Å². The molecule has 1 N–H and O–H groups in total. The Hall–Kier alpha value is -2.61. The molecule has 4 heterocycles. The van der Waals surface area contributed by atoms with Gasteiger partial charge in [0.2, 0.25) is 5.91 Å². The smallest absolute Gasteiger partial charge is 0.263 e. The first kappa shape index (κ1) is 23.1. The minimum atomic E-state index is -1.39. The van der Waals surface area contributed by atoms with E-state index >= 15 is 0 Å². The second-order valence-corrected chi connectivity index (χ2v) is 10.8. The van der Waals surface area contributed by atoms with Gasteiger partial charge in [-0.2, -0.15) is 0 Å². The summed E-state index contributed by atoms with van der Waals surface area (Å²) in [5, 5.41) is 3.62. The van der Waals surface area contributed by atoms with E-state index in [-0.39, 0.29) is 41.5 Å². The monoisotopic (exact) mass is 546 g/mol. The summed E-state index contributed by atoms with van der Waals surface area (Å²) in [7, 11) is 0. The van der Waals surface area contributed by atoms with E-state index in [0.717, 1.165) is 19.5 Å². The van der Waals surface area contributed by atoms with Crippen LogP contribution < -0.4 is 10.9 Å². The molecule has 2 fully saturated rings. The molecule has 1 unspecified atom stereocenters. The average molecular weight is 547 g/mol. The highest BCUT2D eigenvalue weighted by Crippen LogP contribution is 2.37. The van der Waals surface area contributed by atoms with Crippen molar-refractivity contribution in [3.63, 3.8) is 0 Å². The number of likely N-dealkylation sites (tertiary alicyclic amines) is 1. The second kappa shape index (κ2) is 8.87. The number of carbonyl (C=O) groups excluding carboxylic acids is 1. The maximum atomic E-state index is 13.9. The van der Waals surface area contributed by atoms with Crippen LogP contribution in [0.25, 0.3) is 21.3 Å². The van der Waals surface area contributed by atoms with Crippen LogP contribution in [-0.4, -0.2) is 52.2 Å². The third-order valence-corrected chi connectivity index (χ3v) is 7.66. The van der Waals surface area contributed by atoms with Gasteiger partial charge in [0.15, 0.2) is 0 Å². The van der Waals surface area contributed by atoms with Crippen LogP contribution in [0.4, 0.5) is 8.78 Å². The topological polar surface area (TPSA) is 67.2 Å². The SMILES string of the molecule is CC1(F)CN(C(=O)Cn2cnc3sc(C#CC4CCNC4)c(-c4ccc(F)c(Br)c4)c3c2=O)C1. The van der Waals surface area contributed by atoms with Crippen LogP contribution in [0.3, 0.4) is 0 Å². The maximum absolute atomic E-state index is 13.9. The number of aromatic nitrogens is 2. The predicted octanol–water partition coefficient (Wildman–Crippen LogP) is 3.56. The molecule has 0 bridgehead atoms. The number of carbonyl (C=O) groups is 1. The third-order valence-electron chi connectivity index (χ3n) is 6.04. The van der Waals surface area contributed by atoms with Gasteiger partial charge in [-0.1, -0.05) is 17.9 Å². The van der Waals surface area contributed by atoms with E-state index in [0.29, 0.717) is 26.2 Å². The number of nitrogens with one attached hydrogen (secondary N) is 1. The molecule has 0 radical (unpaired) electrons. The molecule has 1 amide bonds.